The van der Waals surface area contributed by atoms with Crippen LogP contribution in [0.5, 0.6) is 17.2 Å². The highest BCUT2D eigenvalue weighted by Crippen LogP contribution is 2.30. The van der Waals surface area contributed by atoms with Crippen LogP contribution < -0.4 is 29.5 Å². The molecule has 0 unspecified atom stereocenters. The SMILES string of the molecule is BrB(Br)Br.CC(C)(O)c1ccc(N2CCN(S(=O)(=O)c3cccc(O)c3)CC2)cc1.CC(C)(O)c1ccc(N2CCNCC2)cc1.CCN(CC)CC.COc1cccc(S(=O)(=O)Cl)c1.COc1cccc(S(=O)(=O)N2CCN(c3ccc(C(C)(C)O)cc3)CC2)c1.Cl.Cl. The smallest absolute Gasteiger partial charge is 0.369 e. The zero-order valence-electron chi connectivity index (χ0n) is 55.3. The normalized spacial score (nSPS) is 14.8. The molecule has 0 aromatic heterocycles. The number of piperazine rings is 3. The lowest BCUT2D eigenvalue weighted by Gasteiger charge is -2.35. The molecule has 3 aliphatic rings. The van der Waals surface area contributed by atoms with Crippen molar-refractivity contribution in [1.29, 1.82) is 0 Å². The molecule has 0 spiro atoms. The molecule has 9 rings (SSSR count). The van der Waals surface area contributed by atoms with Gasteiger partial charge in [-0.2, -0.15) is 8.61 Å². The molecule has 0 saturated carbocycles. The molecule has 5 N–H and O–H groups in total. The van der Waals surface area contributed by atoms with E-state index in [2.05, 4.69) is 105 Å². The predicted molar refractivity (Wildman–Crippen MR) is 400 cm³/mol. The minimum atomic E-state index is -3.64. The lowest BCUT2D eigenvalue weighted by Crippen LogP contribution is -2.48. The summed E-state index contributed by atoms with van der Waals surface area (Å²) in [6, 6.07) is 42.0. The number of rotatable bonds is 16. The molecule has 19 nitrogen and oxygen atoms in total. The number of phenols is 1. The first-order chi connectivity index (χ1) is 43.1. The Hall–Kier alpha value is -3.94. The van der Waals surface area contributed by atoms with Crippen molar-refractivity contribution in [1.82, 2.24) is 18.8 Å². The van der Waals surface area contributed by atoms with Crippen LogP contribution in [0.1, 0.15) is 79.0 Å². The molecule has 0 bridgehead atoms. The quantitative estimate of drug-likeness (QED) is 0.0448. The molecular formula is C65H94BBr3Cl3N7O12S3. The highest BCUT2D eigenvalue weighted by molar-refractivity contribution is 9.69. The third kappa shape index (κ3) is 28.1. The maximum atomic E-state index is 12.9. The number of nitrogens with zero attached hydrogens (tertiary/aromatic N) is 6. The van der Waals surface area contributed by atoms with Gasteiger partial charge >= 0.3 is 3.18 Å². The fraction of sp³-hybridized carbons (Fsp3) is 0.446. The van der Waals surface area contributed by atoms with E-state index in [4.69, 9.17) is 20.2 Å². The zero-order valence-corrected chi connectivity index (χ0v) is 64.9. The van der Waals surface area contributed by atoms with Crippen molar-refractivity contribution in [2.24, 2.45) is 0 Å². The van der Waals surface area contributed by atoms with E-state index in [0.29, 0.717) is 63.9 Å². The zero-order chi connectivity index (χ0) is 68.7. The molecule has 29 heteroatoms. The van der Waals surface area contributed by atoms with Crippen LogP contribution in [0, 0.1) is 0 Å². The van der Waals surface area contributed by atoms with Crippen LogP contribution >= 0.6 is 82.8 Å². The van der Waals surface area contributed by atoms with Crippen LogP contribution in [0.25, 0.3) is 0 Å². The van der Waals surface area contributed by atoms with Crippen molar-refractivity contribution >= 4 is 132 Å². The minimum Gasteiger partial charge on any atom is -0.508 e. The van der Waals surface area contributed by atoms with Crippen LogP contribution in [0.3, 0.4) is 0 Å². The van der Waals surface area contributed by atoms with Gasteiger partial charge in [0.1, 0.15) is 17.2 Å². The number of methoxy groups -OCH3 is 2. The van der Waals surface area contributed by atoms with E-state index in [9.17, 15) is 45.7 Å². The number of halogens is 6. The second-order valence-corrected chi connectivity index (χ2v) is 35.9. The number of hydrogen-bond acceptors (Lipinski definition) is 17. The van der Waals surface area contributed by atoms with E-state index < -0.39 is 45.9 Å². The van der Waals surface area contributed by atoms with Crippen LogP contribution in [0.15, 0.2) is 160 Å². The van der Waals surface area contributed by atoms with Gasteiger partial charge in [-0.15, -0.1) is 72.1 Å². The van der Waals surface area contributed by atoms with Gasteiger partial charge in [-0.3, -0.25) is 0 Å². The van der Waals surface area contributed by atoms with Gasteiger partial charge in [0, 0.05) is 118 Å². The largest absolute Gasteiger partial charge is 0.508 e. The molecule has 6 aromatic carbocycles. The third-order valence-electron chi connectivity index (χ3n) is 15.2. The van der Waals surface area contributed by atoms with Gasteiger partial charge in [-0.05, 0) is 157 Å². The lowest BCUT2D eigenvalue weighted by atomic mass is 9.98. The van der Waals surface area contributed by atoms with Gasteiger partial charge in [-0.1, -0.05) is 75.4 Å². The van der Waals surface area contributed by atoms with Crippen molar-refractivity contribution in [3.63, 3.8) is 0 Å². The first kappa shape index (κ1) is 86.2. The highest BCUT2D eigenvalue weighted by atomic mass is 79.9. The molecular weight excluding hydrogens is 1520 g/mol. The number of benzene rings is 6. The number of sulfonamides is 2. The van der Waals surface area contributed by atoms with Gasteiger partial charge in [0.25, 0.3) is 9.05 Å². The summed E-state index contributed by atoms with van der Waals surface area (Å²) in [5.41, 5.74) is 3.43. The fourth-order valence-corrected chi connectivity index (χ4v) is 13.4. The van der Waals surface area contributed by atoms with Crippen molar-refractivity contribution in [2.45, 2.75) is 93.8 Å². The Bertz CT molecular complexity index is 3510. The summed E-state index contributed by atoms with van der Waals surface area (Å²) in [6.45, 7) is 29.0. The number of aliphatic hydroxyl groups is 3. The van der Waals surface area contributed by atoms with E-state index in [1.165, 1.54) is 84.5 Å². The van der Waals surface area contributed by atoms with E-state index >= 15 is 0 Å². The molecule has 524 valence electrons. The van der Waals surface area contributed by atoms with Crippen molar-refractivity contribution in [2.75, 3.05) is 127 Å². The molecule has 0 aliphatic carbocycles. The fourth-order valence-electron chi connectivity index (χ4n) is 9.66. The van der Waals surface area contributed by atoms with Gasteiger partial charge in [0.15, 0.2) is 0 Å². The first-order valence-electron chi connectivity index (χ1n) is 30.2. The van der Waals surface area contributed by atoms with Crippen LogP contribution in [-0.4, -0.2) is 175 Å². The Labute approximate surface area is 601 Å². The first-order valence-corrected chi connectivity index (χ1v) is 38.1. The van der Waals surface area contributed by atoms with E-state index in [-0.39, 0.29) is 48.4 Å². The van der Waals surface area contributed by atoms with Crippen molar-refractivity contribution in [3.05, 3.63) is 162 Å². The summed E-state index contributed by atoms with van der Waals surface area (Å²) in [6.07, 6.45) is 0. The number of aromatic hydroxyl groups is 1. The Morgan fingerprint density at radius 1 is 0.479 bits per heavy atom. The Balaban J connectivity index is 0.000000415. The number of hydrogen-bond donors (Lipinski definition) is 5. The summed E-state index contributed by atoms with van der Waals surface area (Å²) in [7, 11) is -2.69. The third-order valence-corrected chi connectivity index (χ3v) is 20.4. The van der Waals surface area contributed by atoms with E-state index in [1.807, 2.05) is 74.5 Å². The number of nitrogens with one attached hydrogen (secondary N) is 1. The summed E-state index contributed by atoms with van der Waals surface area (Å²) in [4.78, 5) is 9.44. The second-order valence-electron chi connectivity index (χ2n) is 23.0. The van der Waals surface area contributed by atoms with Crippen LogP contribution in [-0.2, 0) is 45.9 Å². The maximum Gasteiger partial charge on any atom is 0.369 e. The van der Waals surface area contributed by atoms with Gasteiger partial charge in [-0.25, -0.2) is 25.3 Å². The summed E-state index contributed by atoms with van der Waals surface area (Å²) >= 11 is 9.31. The molecule has 0 amide bonds. The summed E-state index contributed by atoms with van der Waals surface area (Å²) in [5, 5.41) is 42.8. The average molecular weight is 1620 g/mol. The molecule has 3 fully saturated rings. The van der Waals surface area contributed by atoms with Gasteiger partial charge in [0.2, 0.25) is 20.0 Å². The molecule has 3 aliphatic heterocycles. The number of ether oxygens (including phenoxy) is 2. The number of phenolic OH excluding ortho intramolecular Hbond substituents is 1. The van der Waals surface area contributed by atoms with Crippen LogP contribution in [0.4, 0.5) is 17.1 Å². The predicted octanol–water partition coefficient (Wildman–Crippen LogP) is 11.9. The standard InChI is InChI=1S/C20H26N2O4S.C19H24N2O4S.C13H20N2O.C7H7ClO3S.C6H15N.BBr3.2ClH/c1-20(2,23)16-7-9-17(10-8-16)21-11-13-22(14-12-21)27(24,25)19-6-4-5-18(15-19)26-3;1-19(2,23)15-6-8-16(9-7-15)20-10-12-21(13-11-20)26(24,25)18-5-3-4-17(22)14-18;1-13(2,16)11-3-5-12(6-4-11)15-9-7-14-8-10-15;1-11-6-3-2-4-7(5-6)12(8,9)10;1-4-7(5-2)6-3;2-1(3)4;;/h4-10,15,23H,11-14H2,1-3H3;3-9,14,22-23H,10-13H2,1-2H3;3-6,14,16H,7-10H2,1-2H3;2-5H,1H3;4-6H2,1-3H3;;2*1H. The van der Waals surface area contributed by atoms with Crippen LogP contribution in [0.2, 0.25) is 0 Å². The molecule has 94 heavy (non-hydrogen) atoms. The lowest BCUT2D eigenvalue weighted by molar-refractivity contribution is 0.0780. The van der Waals surface area contributed by atoms with Gasteiger partial charge < -0.3 is 54.8 Å². The molecule has 6 aromatic rings. The topological polar surface area (TPSA) is 233 Å². The maximum absolute atomic E-state index is 12.9. The molecule has 0 atom stereocenters. The Morgan fingerprint density at radius 2 is 0.766 bits per heavy atom. The van der Waals surface area contributed by atoms with Gasteiger partial charge in [0.05, 0.1) is 45.7 Å². The van der Waals surface area contributed by atoms with E-state index in [1.54, 1.807) is 64.1 Å². The molecule has 0 radical (unpaired) electrons. The summed E-state index contributed by atoms with van der Waals surface area (Å²) < 4.78 is 86.0. The minimum absolute atomic E-state index is 0. The Morgan fingerprint density at radius 3 is 1.04 bits per heavy atom. The molecule has 3 heterocycles. The summed E-state index contributed by atoms with van der Waals surface area (Å²) in [5.74, 6) is 0.940. The van der Waals surface area contributed by atoms with E-state index in [0.717, 1.165) is 54.2 Å². The average Bonchev–Trinajstić information content (AvgIpc) is 0.808. The van der Waals surface area contributed by atoms with Crippen molar-refractivity contribution in [3.8, 4) is 17.2 Å². The molecule has 3 saturated heterocycles. The monoisotopic (exact) mass is 1610 g/mol. The second kappa shape index (κ2) is 40.2. The Kier molecular flexibility index (Phi) is 36.9. The van der Waals surface area contributed by atoms with Crippen molar-refractivity contribution < 1.29 is 55.2 Å². The number of anilines is 3. The highest BCUT2D eigenvalue weighted by Gasteiger charge is 2.31.